The van der Waals surface area contributed by atoms with Crippen molar-refractivity contribution in [1.29, 1.82) is 0 Å². The van der Waals surface area contributed by atoms with E-state index in [2.05, 4.69) is 37.4 Å². The van der Waals surface area contributed by atoms with Crippen molar-refractivity contribution in [3.05, 3.63) is 12.3 Å². The summed E-state index contributed by atoms with van der Waals surface area (Å²) in [6, 6.07) is 0.742. The maximum atomic E-state index is 3.93. The van der Waals surface area contributed by atoms with Crippen LogP contribution in [0.5, 0.6) is 0 Å². The lowest BCUT2D eigenvalue weighted by Crippen LogP contribution is -2.35. The molecule has 70 valence electrons. The van der Waals surface area contributed by atoms with E-state index in [0.29, 0.717) is 0 Å². The SMILES string of the molecule is C=C(C)N(C)C[C@H]1CCCN1C. The molecule has 0 N–H and O–H groups in total. The van der Waals surface area contributed by atoms with Crippen LogP contribution in [0.3, 0.4) is 0 Å². The van der Waals surface area contributed by atoms with Gasteiger partial charge in [0.1, 0.15) is 0 Å². The Labute approximate surface area is 75.8 Å². The van der Waals surface area contributed by atoms with Crippen LogP contribution in [0, 0.1) is 0 Å². The molecule has 1 saturated heterocycles. The van der Waals surface area contributed by atoms with Gasteiger partial charge >= 0.3 is 0 Å². The minimum absolute atomic E-state index is 0.742. The van der Waals surface area contributed by atoms with Gasteiger partial charge in [0.25, 0.3) is 0 Å². The molecule has 1 atom stereocenters. The number of hydrogen-bond acceptors (Lipinski definition) is 2. The first-order valence-corrected chi connectivity index (χ1v) is 4.68. The largest absolute Gasteiger partial charge is 0.377 e. The first kappa shape index (κ1) is 9.59. The molecule has 1 heterocycles. The van der Waals surface area contributed by atoms with Crippen molar-refractivity contribution >= 4 is 0 Å². The highest BCUT2D eigenvalue weighted by molar-refractivity contribution is 4.90. The fourth-order valence-corrected chi connectivity index (χ4v) is 1.68. The number of likely N-dealkylation sites (N-methyl/N-ethyl adjacent to an activating group) is 2. The summed E-state index contributed by atoms with van der Waals surface area (Å²) in [5.41, 5.74) is 1.16. The molecule has 2 nitrogen and oxygen atoms in total. The van der Waals surface area contributed by atoms with Gasteiger partial charge in [0.2, 0.25) is 0 Å². The Morgan fingerprint density at radius 2 is 2.33 bits per heavy atom. The van der Waals surface area contributed by atoms with E-state index in [9.17, 15) is 0 Å². The summed E-state index contributed by atoms with van der Waals surface area (Å²) in [7, 11) is 4.33. The van der Waals surface area contributed by atoms with Crippen LogP contribution in [-0.4, -0.2) is 43.0 Å². The van der Waals surface area contributed by atoms with Gasteiger partial charge in [0.05, 0.1) is 0 Å². The van der Waals surface area contributed by atoms with Crippen LogP contribution in [0.15, 0.2) is 12.3 Å². The lowest BCUT2D eigenvalue weighted by molar-refractivity contribution is 0.248. The third-order valence-corrected chi connectivity index (χ3v) is 2.81. The normalized spacial score (nSPS) is 24.4. The van der Waals surface area contributed by atoms with Crippen molar-refractivity contribution in [2.24, 2.45) is 0 Å². The minimum atomic E-state index is 0.742. The monoisotopic (exact) mass is 168 g/mol. The zero-order chi connectivity index (χ0) is 9.14. The Morgan fingerprint density at radius 1 is 1.67 bits per heavy atom. The fourth-order valence-electron chi connectivity index (χ4n) is 1.68. The summed E-state index contributed by atoms with van der Waals surface area (Å²) in [6.45, 7) is 8.38. The zero-order valence-electron chi connectivity index (χ0n) is 8.51. The number of hydrogen-bond donors (Lipinski definition) is 0. The lowest BCUT2D eigenvalue weighted by atomic mass is 10.2. The molecule has 0 aromatic rings. The van der Waals surface area contributed by atoms with Gasteiger partial charge in [0, 0.05) is 25.3 Å². The molecule has 12 heavy (non-hydrogen) atoms. The number of rotatable bonds is 3. The van der Waals surface area contributed by atoms with Gasteiger partial charge in [-0.2, -0.15) is 0 Å². The Morgan fingerprint density at radius 3 is 2.75 bits per heavy atom. The quantitative estimate of drug-likeness (QED) is 0.631. The Bertz CT molecular complexity index is 165. The number of nitrogens with zero attached hydrogens (tertiary/aromatic N) is 2. The molecule has 0 aliphatic carbocycles. The van der Waals surface area contributed by atoms with E-state index < -0.39 is 0 Å². The summed E-state index contributed by atoms with van der Waals surface area (Å²) in [5, 5.41) is 0. The second kappa shape index (κ2) is 3.94. The van der Waals surface area contributed by atoms with Crippen molar-refractivity contribution in [1.82, 2.24) is 9.80 Å². The first-order valence-electron chi connectivity index (χ1n) is 4.68. The fraction of sp³-hybridized carbons (Fsp3) is 0.800. The zero-order valence-corrected chi connectivity index (χ0v) is 8.51. The molecule has 0 unspecified atom stereocenters. The molecular weight excluding hydrogens is 148 g/mol. The standard InChI is InChI=1S/C10H20N2/c1-9(2)12(4)8-10-6-5-7-11(10)3/h10H,1,5-8H2,2-4H3/t10-/m1/s1. The summed E-state index contributed by atoms with van der Waals surface area (Å²) in [6.07, 6.45) is 2.69. The molecule has 0 saturated carbocycles. The van der Waals surface area contributed by atoms with Crippen molar-refractivity contribution in [3.63, 3.8) is 0 Å². The van der Waals surface area contributed by atoms with E-state index in [0.717, 1.165) is 18.3 Å². The highest BCUT2D eigenvalue weighted by Gasteiger charge is 2.21. The first-order chi connectivity index (χ1) is 5.61. The molecule has 1 fully saturated rings. The van der Waals surface area contributed by atoms with E-state index in [1.54, 1.807) is 0 Å². The van der Waals surface area contributed by atoms with Crippen molar-refractivity contribution in [2.45, 2.75) is 25.8 Å². The Balaban J connectivity index is 2.35. The van der Waals surface area contributed by atoms with Crippen molar-refractivity contribution in [2.75, 3.05) is 27.2 Å². The van der Waals surface area contributed by atoms with Gasteiger partial charge < -0.3 is 9.80 Å². The third-order valence-electron chi connectivity index (χ3n) is 2.81. The maximum absolute atomic E-state index is 3.93. The van der Waals surface area contributed by atoms with Crippen molar-refractivity contribution < 1.29 is 0 Å². The molecule has 1 aliphatic rings. The number of allylic oxidation sites excluding steroid dienone is 1. The molecule has 0 spiro atoms. The van der Waals surface area contributed by atoms with Crippen LogP contribution in [0.1, 0.15) is 19.8 Å². The van der Waals surface area contributed by atoms with Crippen LogP contribution in [0.25, 0.3) is 0 Å². The molecule has 0 amide bonds. The molecule has 0 radical (unpaired) electrons. The van der Waals surface area contributed by atoms with Gasteiger partial charge in [-0.05, 0) is 33.4 Å². The summed E-state index contributed by atoms with van der Waals surface area (Å²) < 4.78 is 0. The van der Waals surface area contributed by atoms with Gasteiger partial charge in [-0.15, -0.1) is 0 Å². The second-order valence-corrected chi connectivity index (χ2v) is 3.89. The Kier molecular flexibility index (Phi) is 3.15. The smallest absolute Gasteiger partial charge is 0.0327 e. The average Bonchev–Trinajstić information content (AvgIpc) is 2.36. The highest BCUT2D eigenvalue weighted by Crippen LogP contribution is 2.16. The molecule has 1 rings (SSSR count). The molecule has 0 aromatic carbocycles. The average molecular weight is 168 g/mol. The lowest BCUT2D eigenvalue weighted by Gasteiger charge is -2.27. The molecular formula is C10H20N2. The van der Waals surface area contributed by atoms with Gasteiger partial charge in [-0.1, -0.05) is 6.58 Å². The van der Waals surface area contributed by atoms with Gasteiger partial charge in [-0.25, -0.2) is 0 Å². The van der Waals surface area contributed by atoms with E-state index in [1.807, 2.05) is 0 Å². The van der Waals surface area contributed by atoms with Crippen LogP contribution in [0.2, 0.25) is 0 Å². The van der Waals surface area contributed by atoms with E-state index in [4.69, 9.17) is 0 Å². The minimum Gasteiger partial charge on any atom is -0.377 e. The topological polar surface area (TPSA) is 6.48 Å². The summed E-state index contributed by atoms with van der Waals surface area (Å²) >= 11 is 0. The van der Waals surface area contributed by atoms with E-state index in [1.165, 1.54) is 19.4 Å². The molecule has 0 bridgehead atoms. The third kappa shape index (κ3) is 2.24. The Hall–Kier alpha value is -0.500. The van der Waals surface area contributed by atoms with Crippen LogP contribution in [-0.2, 0) is 0 Å². The highest BCUT2D eigenvalue weighted by atomic mass is 15.2. The molecule has 1 aliphatic heterocycles. The van der Waals surface area contributed by atoms with Gasteiger partial charge in [-0.3, -0.25) is 0 Å². The molecule has 2 heteroatoms. The predicted octanol–water partition coefficient (Wildman–Crippen LogP) is 1.55. The molecule has 0 aromatic heterocycles. The van der Waals surface area contributed by atoms with Crippen molar-refractivity contribution in [3.8, 4) is 0 Å². The van der Waals surface area contributed by atoms with Gasteiger partial charge in [0.15, 0.2) is 0 Å². The maximum Gasteiger partial charge on any atom is 0.0327 e. The van der Waals surface area contributed by atoms with Crippen LogP contribution in [0.4, 0.5) is 0 Å². The van der Waals surface area contributed by atoms with E-state index in [-0.39, 0.29) is 0 Å². The summed E-state index contributed by atoms with van der Waals surface area (Å²) in [4.78, 5) is 4.69. The number of likely N-dealkylation sites (tertiary alicyclic amines) is 1. The van der Waals surface area contributed by atoms with Crippen LogP contribution < -0.4 is 0 Å². The summed E-state index contributed by atoms with van der Waals surface area (Å²) in [5.74, 6) is 0. The van der Waals surface area contributed by atoms with E-state index >= 15 is 0 Å². The predicted molar refractivity (Wildman–Crippen MR) is 53.1 cm³/mol. The second-order valence-electron chi connectivity index (χ2n) is 3.89. The van der Waals surface area contributed by atoms with Crippen LogP contribution >= 0.6 is 0 Å².